The fourth-order valence-corrected chi connectivity index (χ4v) is 3.54. The molecule has 0 bridgehead atoms. The number of anilines is 1. The molecule has 2 aromatic rings. The van der Waals surface area contributed by atoms with Crippen LogP contribution in [-0.2, 0) is 11.2 Å². The van der Waals surface area contributed by atoms with Crippen molar-refractivity contribution in [1.29, 1.82) is 0 Å². The van der Waals surface area contributed by atoms with Gasteiger partial charge in [0.2, 0.25) is 5.13 Å². The molecule has 5 nitrogen and oxygen atoms in total. The summed E-state index contributed by atoms with van der Waals surface area (Å²) in [6.07, 6.45) is 0.881. The number of rotatable bonds is 5. The van der Waals surface area contributed by atoms with Crippen molar-refractivity contribution in [1.82, 2.24) is 15.1 Å². The van der Waals surface area contributed by atoms with Gasteiger partial charge in [-0.15, -0.1) is 10.2 Å². The lowest BCUT2D eigenvalue weighted by molar-refractivity contribution is 0.0247. The van der Waals surface area contributed by atoms with Gasteiger partial charge in [-0.05, 0) is 31.8 Å². The Morgan fingerprint density at radius 2 is 2.09 bits per heavy atom. The quantitative estimate of drug-likeness (QED) is 0.836. The summed E-state index contributed by atoms with van der Waals surface area (Å²) < 4.78 is 18.7. The molecule has 1 aromatic heterocycles. The largest absolute Gasteiger partial charge is 0.373 e. The van der Waals surface area contributed by atoms with Gasteiger partial charge < -0.3 is 14.5 Å². The van der Waals surface area contributed by atoms with Crippen molar-refractivity contribution in [2.24, 2.45) is 0 Å². The molecule has 0 spiro atoms. The Morgan fingerprint density at radius 3 is 2.83 bits per heavy atom. The van der Waals surface area contributed by atoms with Crippen LogP contribution in [0.4, 0.5) is 9.52 Å². The highest BCUT2D eigenvalue weighted by Crippen LogP contribution is 2.24. The maximum Gasteiger partial charge on any atom is 0.208 e. The third-order valence-corrected chi connectivity index (χ3v) is 4.69. The van der Waals surface area contributed by atoms with Gasteiger partial charge in [0, 0.05) is 26.1 Å². The van der Waals surface area contributed by atoms with E-state index in [-0.39, 0.29) is 11.9 Å². The van der Waals surface area contributed by atoms with Crippen LogP contribution in [0.25, 0.3) is 0 Å². The molecule has 0 saturated carbocycles. The number of hydrogen-bond donors (Lipinski definition) is 0. The zero-order valence-corrected chi connectivity index (χ0v) is 14.2. The first-order chi connectivity index (χ1) is 11.1. The molecular weight excluding hydrogens is 315 g/mol. The summed E-state index contributed by atoms with van der Waals surface area (Å²) in [6, 6.07) is 6.53. The van der Waals surface area contributed by atoms with E-state index >= 15 is 0 Å². The molecule has 0 N–H and O–H groups in total. The van der Waals surface area contributed by atoms with Crippen molar-refractivity contribution in [3.8, 4) is 0 Å². The monoisotopic (exact) mass is 336 g/mol. The van der Waals surface area contributed by atoms with Gasteiger partial charge in [0.1, 0.15) is 10.8 Å². The minimum atomic E-state index is -0.216. The molecular formula is C16H21FN4OS. The highest BCUT2D eigenvalue weighted by atomic mass is 32.1. The van der Waals surface area contributed by atoms with Crippen LogP contribution in [0.3, 0.4) is 0 Å². The van der Waals surface area contributed by atoms with Gasteiger partial charge in [-0.1, -0.05) is 23.5 Å². The van der Waals surface area contributed by atoms with Crippen molar-refractivity contribution in [2.75, 3.05) is 45.2 Å². The molecule has 1 atom stereocenters. The van der Waals surface area contributed by atoms with Crippen LogP contribution in [-0.4, -0.2) is 61.5 Å². The lowest BCUT2D eigenvalue weighted by Gasteiger charge is -2.33. The van der Waals surface area contributed by atoms with E-state index in [0.29, 0.717) is 13.0 Å². The molecule has 0 radical (unpaired) electrons. The maximum absolute atomic E-state index is 13.0. The van der Waals surface area contributed by atoms with Gasteiger partial charge in [-0.25, -0.2) is 4.39 Å². The van der Waals surface area contributed by atoms with Crippen molar-refractivity contribution in [3.63, 3.8) is 0 Å². The molecule has 1 aliphatic heterocycles. The second-order valence-corrected chi connectivity index (χ2v) is 7.02. The number of likely N-dealkylation sites (N-methyl/N-ethyl adjacent to an activating group) is 1. The molecule has 23 heavy (non-hydrogen) atoms. The van der Waals surface area contributed by atoms with Gasteiger partial charge in [0.25, 0.3) is 0 Å². The maximum atomic E-state index is 13.0. The fourth-order valence-electron chi connectivity index (χ4n) is 2.63. The highest BCUT2D eigenvalue weighted by Gasteiger charge is 2.23. The summed E-state index contributed by atoms with van der Waals surface area (Å²) in [5.41, 5.74) is 1.04. The van der Waals surface area contributed by atoms with Gasteiger partial charge in [-0.3, -0.25) is 0 Å². The SMILES string of the molecule is CN(C)CC1CN(c2nnc(Cc3ccc(F)cc3)s2)CCO1. The standard InChI is InChI=1S/C16H21FN4OS/c1-20(2)10-14-11-21(7-8-22-14)16-19-18-15(23-16)9-12-3-5-13(17)6-4-12/h3-6,14H,7-11H2,1-2H3. The summed E-state index contributed by atoms with van der Waals surface area (Å²) >= 11 is 1.60. The smallest absolute Gasteiger partial charge is 0.208 e. The van der Waals surface area contributed by atoms with E-state index in [1.165, 1.54) is 12.1 Å². The van der Waals surface area contributed by atoms with Crippen molar-refractivity contribution in [2.45, 2.75) is 12.5 Å². The molecule has 1 unspecified atom stereocenters. The number of benzene rings is 1. The summed E-state index contributed by atoms with van der Waals surface area (Å²) in [4.78, 5) is 4.37. The van der Waals surface area contributed by atoms with E-state index in [1.807, 2.05) is 14.1 Å². The Hall–Kier alpha value is -1.57. The summed E-state index contributed by atoms with van der Waals surface area (Å²) in [7, 11) is 4.10. The van der Waals surface area contributed by atoms with Crippen LogP contribution >= 0.6 is 11.3 Å². The summed E-state index contributed by atoms with van der Waals surface area (Å²) in [5, 5.41) is 10.5. The molecule has 1 aliphatic rings. The topological polar surface area (TPSA) is 41.5 Å². The second kappa shape index (κ2) is 7.33. The van der Waals surface area contributed by atoms with Crippen LogP contribution in [0, 0.1) is 5.82 Å². The Balaban J connectivity index is 1.63. The number of ether oxygens (including phenoxy) is 1. The minimum Gasteiger partial charge on any atom is -0.373 e. The zero-order valence-electron chi connectivity index (χ0n) is 13.4. The van der Waals surface area contributed by atoms with Crippen LogP contribution in [0.15, 0.2) is 24.3 Å². The van der Waals surface area contributed by atoms with Crippen LogP contribution < -0.4 is 4.90 Å². The van der Waals surface area contributed by atoms with E-state index in [2.05, 4.69) is 20.0 Å². The molecule has 1 aromatic carbocycles. The number of aromatic nitrogens is 2. The van der Waals surface area contributed by atoms with Crippen molar-refractivity contribution < 1.29 is 9.13 Å². The van der Waals surface area contributed by atoms with Gasteiger partial charge in [-0.2, -0.15) is 0 Å². The normalized spacial score (nSPS) is 18.6. The average molecular weight is 336 g/mol. The van der Waals surface area contributed by atoms with E-state index in [9.17, 15) is 4.39 Å². The molecule has 7 heteroatoms. The summed E-state index contributed by atoms with van der Waals surface area (Å²) in [5.74, 6) is -0.216. The molecule has 0 amide bonds. The summed E-state index contributed by atoms with van der Waals surface area (Å²) in [6.45, 7) is 3.29. The third kappa shape index (κ3) is 4.46. The minimum absolute atomic E-state index is 0.197. The van der Waals surface area contributed by atoms with Gasteiger partial charge >= 0.3 is 0 Å². The third-order valence-electron chi connectivity index (χ3n) is 3.70. The Labute approximate surface area is 139 Å². The first kappa shape index (κ1) is 16.3. The highest BCUT2D eigenvalue weighted by molar-refractivity contribution is 7.15. The lowest BCUT2D eigenvalue weighted by Crippen LogP contribution is -2.46. The lowest BCUT2D eigenvalue weighted by atomic mass is 10.2. The molecule has 124 valence electrons. The Morgan fingerprint density at radius 1 is 1.30 bits per heavy atom. The van der Waals surface area contributed by atoms with E-state index in [4.69, 9.17) is 4.74 Å². The average Bonchev–Trinajstić information content (AvgIpc) is 2.98. The molecule has 2 heterocycles. The molecule has 0 aliphatic carbocycles. The number of hydrogen-bond acceptors (Lipinski definition) is 6. The Bertz CT molecular complexity index is 631. The van der Waals surface area contributed by atoms with Crippen molar-refractivity contribution in [3.05, 3.63) is 40.7 Å². The van der Waals surface area contributed by atoms with Crippen LogP contribution in [0.2, 0.25) is 0 Å². The molecule has 1 fully saturated rings. The van der Waals surface area contributed by atoms with E-state index in [0.717, 1.165) is 35.3 Å². The second-order valence-electron chi connectivity index (χ2n) is 5.98. The number of morpholine rings is 1. The number of halogens is 1. The zero-order chi connectivity index (χ0) is 16.2. The first-order valence-corrected chi connectivity index (χ1v) is 8.50. The van der Waals surface area contributed by atoms with E-state index < -0.39 is 0 Å². The molecule has 1 saturated heterocycles. The van der Waals surface area contributed by atoms with Crippen LogP contribution in [0.5, 0.6) is 0 Å². The van der Waals surface area contributed by atoms with Gasteiger partial charge in [0.15, 0.2) is 0 Å². The Kier molecular flexibility index (Phi) is 5.20. The first-order valence-electron chi connectivity index (χ1n) is 7.68. The fraction of sp³-hybridized carbons (Fsp3) is 0.500. The van der Waals surface area contributed by atoms with Crippen LogP contribution in [0.1, 0.15) is 10.6 Å². The van der Waals surface area contributed by atoms with E-state index in [1.54, 1.807) is 23.5 Å². The predicted molar refractivity (Wildman–Crippen MR) is 89.6 cm³/mol. The van der Waals surface area contributed by atoms with Crippen molar-refractivity contribution >= 4 is 16.5 Å². The molecule has 3 rings (SSSR count). The predicted octanol–water partition coefficient (Wildman–Crippen LogP) is 2.03. The number of nitrogens with zero attached hydrogens (tertiary/aromatic N) is 4. The van der Waals surface area contributed by atoms with Gasteiger partial charge in [0.05, 0.1) is 12.7 Å².